The van der Waals surface area contributed by atoms with E-state index >= 15 is 0 Å². The Morgan fingerprint density at radius 1 is 1.44 bits per heavy atom. The molecule has 2 heterocycles. The van der Waals surface area contributed by atoms with E-state index < -0.39 is 66.5 Å². The molecule has 0 bridgehead atoms. The van der Waals surface area contributed by atoms with Crippen LogP contribution in [0.25, 0.3) is 0 Å². The molecule has 0 radical (unpaired) electrons. The van der Waals surface area contributed by atoms with Gasteiger partial charge in [-0.3, -0.25) is 28.2 Å². The predicted molar refractivity (Wildman–Crippen MR) is 114 cm³/mol. The van der Waals surface area contributed by atoms with Crippen molar-refractivity contribution in [3.05, 3.63) is 32.6 Å². The van der Waals surface area contributed by atoms with Gasteiger partial charge >= 0.3 is 19.4 Å². The van der Waals surface area contributed by atoms with Crippen molar-refractivity contribution in [2.75, 3.05) is 20.3 Å². The maximum Gasteiger partial charge on any atom is 0.406 e. The summed E-state index contributed by atoms with van der Waals surface area (Å²) < 4.78 is 47.0. The van der Waals surface area contributed by atoms with Crippen molar-refractivity contribution in [2.45, 2.75) is 48.6 Å². The van der Waals surface area contributed by atoms with E-state index in [-0.39, 0.29) is 12.0 Å². The molecule has 1 aliphatic heterocycles. The van der Waals surface area contributed by atoms with Gasteiger partial charge in [0.2, 0.25) is 3.79 Å². The summed E-state index contributed by atoms with van der Waals surface area (Å²) in [7, 11) is -3.18. The van der Waals surface area contributed by atoms with Gasteiger partial charge in [0.25, 0.3) is 5.56 Å². The second kappa shape index (κ2) is 11.0. The molecule has 1 fully saturated rings. The van der Waals surface area contributed by atoms with E-state index in [1.807, 2.05) is 0 Å². The fraction of sp³-hybridized carbons (Fsp3) is 0.688. The normalized spacial score (nSPS) is 24.2. The van der Waals surface area contributed by atoms with Gasteiger partial charge in [-0.1, -0.05) is 34.8 Å². The van der Waals surface area contributed by atoms with Crippen molar-refractivity contribution in [3.8, 4) is 0 Å². The topological polar surface area (TPSA) is 138 Å². The van der Waals surface area contributed by atoms with Gasteiger partial charge in [-0.15, -0.1) is 0 Å². The second-order valence-electron chi connectivity index (χ2n) is 6.92. The molecule has 1 aliphatic rings. The van der Waals surface area contributed by atoms with E-state index in [0.29, 0.717) is 0 Å². The first kappa shape index (κ1) is 27.3. The van der Waals surface area contributed by atoms with E-state index in [1.54, 1.807) is 0 Å². The van der Waals surface area contributed by atoms with E-state index in [0.717, 1.165) is 11.7 Å². The SMILES string of the molecule is COC(=O)C(C)NP(=O)(OC[C@H]1O[C@@H](n2cc(C)c(=O)[nH]c2=O)C[C@@H]1F)OCC(Cl)(Cl)Cl. The molecule has 1 aromatic heterocycles. The molecule has 0 amide bonds. The quantitative estimate of drug-likeness (QED) is 0.274. The number of aromatic amines is 1. The maximum absolute atomic E-state index is 14.6. The number of rotatable bonds is 9. The summed E-state index contributed by atoms with van der Waals surface area (Å²) in [4.78, 5) is 37.3. The van der Waals surface area contributed by atoms with Crippen molar-refractivity contribution < 1.29 is 32.3 Å². The molecule has 182 valence electrons. The molecule has 1 aromatic rings. The number of hydrogen-bond acceptors (Lipinski definition) is 8. The Morgan fingerprint density at radius 2 is 2.09 bits per heavy atom. The molecule has 5 atom stereocenters. The Labute approximate surface area is 197 Å². The molecule has 2 unspecified atom stereocenters. The molecule has 1 saturated heterocycles. The van der Waals surface area contributed by atoms with Crippen LogP contribution in [-0.4, -0.2) is 58.0 Å². The number of aromatic nitrogens is 2. The molecule has 0 spiro atoms. The monoisotopic (exact) mass is 539 g/mol. The Bertz CT molecular complexity index is 985. The van der Waals surface area contributed by atoms with Crippen LogP contribution in [0.4, 0.5) is 4.39 Å². The number of alkyl halides is 4. The third kappa shape index (κ3) is 7.53. The van der Waals surface area contributed by atoms with Crippen LogP contribution in [0.1, 0.15) is 25.1 Å². The average Bonchev–Trinajstić information content (AvgIpc) is 3.07. The van der Waals surface area contributed by atoms with Crippen LogP contribution >= 0.6 is 42.5 Å². The minimum Gasteiger partial charge on any atom is -0.468 e. The number of nitrogens with one attached hydrogen (secondary N) is 2. The van der Waals surface area contributed by atoms with Crippen LogP contribution in [-0.2, 0) is 27.9 Å². The number of carbonyl (C=O) groups excluding carboxylic acids is 1. The van der Waals surface area contributed by atoms with Crippen LogP contribution in [0.3, 0.4) is 0 Å². The zero-order chi connectivity index (χ0) is 24.3. The first-order chi connectivity index (χ1) is 14.7. The number of H-pyrrole nitrogens is 1. The molecule has 32 heavy (non-hydrogen) atoms. The molecule has 2 N–H and O–H groups in total. The van der Waals surface area contributed by atoms with Gasteiger partial charge in [-0.05, 0) is 13.8 Å². The molecule has 0 saturated carbocycles. The number of esters is 1. The van der Waals surface area contributed by atoms with Crippen molar-refractivity contribution in [2.24, 2.45) is 0 Å². The van der Waals surface area contributed by atoms with Gasteiger partial charge in [0.1, 0.15) is 31.2 Å². The molecular formula is C16H22Cl3FN3O8P. The summed E-state index contributed by atoms with van der Waals surface area (Å²) in [5.74, 6) is -0.778. The van der Waals surface area contributed by atoms with Crippen LogP contribution in [0.15, 0.2) is 15.8 Å². The summed E-state index contributed by atoms with van der Waals surface area (Å²) in [6.45, 7) is 1.54. The number of aryl methyl sites for hydroxylation is 1. The van der Waals surface area contributed by atoms with Gasteiger partial charge in [0.15, 0.2) is 0 Å². The molecule has 11 nitrogen and oxygen atoms in total. The van der Waals surface area contributed by atoms with Crippen molar-refractivity contribution in [3.63, 3.8) is 0 Å². The van der Waals surface area contributed by atoms with Crippen molar-refractivity contribution >= 4 is 48.5 Å². The van der Waals surface area contributed by atoms with Crippen LogP contribution in [0.5, 0.6) is 0 Å². The number of hydrogen-bond donors (Lipinski definition) is 2. The third-order valence-electron chi connectivity index (χ3n) is 4.33. The summed E-state index contributed by atoms with van der Waals surface area (Å²) in [6, 6.07) is -1.14. The fourth-order valence-electron chi connectivity index (χ4n) is 2.72. The lowest BCUT2D eigenvalue weighted by atomic mass is 10.2. The molecule has 2 rings (SSSR count). The van der Waals surface area contributed by atoms with E-state index in [2.05, 4.69) is 14.8 Å². The lowest BCUT2D eigenvalue weighted by Crippen LogP contribution is -2.35. The smallest absolute Gasteiger partial charge is 0.406 e. The zero-order valence-electron chi connectivity index (χ0n) is 17.2. The summed E-state index contributed by atoms with van der Waals surface area (Å²) >= 11 is 16.8. The standard InChI is InChI=1S/C16H22Cl3FN3O8P/c1-8-5-23(15(26)21-13(8)24)12-4-10(20)11(31-12)6-29-32(27,30-7-16(17,18)19)22-9(2)14(25)28-3/h5,9-12H,4,6-7H2,1-3H3,(H,22,27)(H,21,24,26)/t9?,10-,11+,12+,32?/m0/s1. The first-order valence-corrected chi connectivity index (χ1v) is 11.9. The lowest BCUT2D eigenvalue weighted by Gasteiger charge is -2.25. The Balaban J connectivity index is 2.11. The van der Waals surface area contributed by atoms with Crippen LogP contribution in [0.2, 0.25) is 0 Å². The molecule has 16 heteroatoms. The van der Waals surface area contributed by atoms with Gasteiger partial charge in [-0.2, -0.15) is 0 Å². The number of methoxy groups -OCH3 is 1. The predicted octanol–water partition coefficient (Wildman–Crippen LogP) is 2.13. The molecule has 0 aliphatic carbocycles. The second-order valence-corrected chi connectivity index (χ2v) is 11.2. The highest BCUT2D eigenvalue weighted by molar-refractivity contribution is 7.51. The van der Waals surface area contributed by atoms with Crippen molar-refractivity contribution in [1.82, 2.24) is 14.6 Å². The summed E-state index contributed by atoms with van der Waals surface area (Å²) in [5.41, 5.74) is -1.11. The van der Waals surface area contributed by atoms with E-state index in [1.165, 1.54) is 20.0 Å². The third-order valence-corrected chi connectivity index (χ3v) is 6.32. The highest BCUT2D eigenvalue weighted by atomic mass is 35.6. The molecule has 0 aromatic carbocycles. The Morgan fingerprint density at radius 3 is 2.69 bits per heavy atom. The minimum absolute atomic E-state index is 0.230. The Kier molecular flexibility index (Phi) is 9.34. The van der Waals surface area contributed by atoms with E-state index in [4.69, 9.17) is 48.6 Å². The maximum atomic E-state index is 14.6. The number of halogens is 4. The fourth-order valence-corrected chi connectivity index (χ4v) is 4.62. The summed E-state index contributed by atoms with van der Waals surface area (Å²) in [6.07, 6.45) is -2.89. The van der Waals surface area contributed by atoms with Crippen molar-refractivity contribution in [1.29, 1.82) is 0 Å². The van der Waals surface area contributed by atoms with E-state index in [9.17, 15) is 23.3 Å². The van der Waals surface area contributed by atoms with Gasteiger partial charge in [0.05, 0.1) is 13.7 Å². The van der Waals surface area contributed by atoms with Gasteiger partial charge in [-0.25, -0.2) is 18.8 Å². The minimum atomic E-state index is -4.30. The number of nitrogens with zero attached hydrogens (tertiary/aromatic N) is 1. The zero-order valence-corrected chi connectivity index (χ0v) is 20.3. The highest BCUT2D eigenvalue weighted by Crippen LogP contribution is 2.47. The Hall–Kier alpha value is -0.980. The average molecular weight is 541 g/mol. The van der Waals surface area contributed by atoms with Crippen LogP contribution in [0, 0.1) is 6.92 Å². The van der Waals surface area contributed by atoms with Gasteiger partial charge in [0, 0.05) is 18.2 Å². The van der Waals surface area contributed by atoms with Gasteiger partial charge < -0.3 is 9.47 Å². The van der Waals surface area contributed by atoms with Crippen LogP contribution < -0.4 is 16.3 Å². The largest absolute Gasteiger partial charge is 0.468 e. The number of carbonyl (C=O) groups is 1. The summed E-state index contributed by atoms with van der Waals surface area (Å²) in [5, 5.41) is 2.31. The molecular weight excluding hydrogens is 519 g/mol. The lowest BCUT2D eigenvalue weighted by molar-refractivity contribution is -0.142. The number of ether oxygens (including phenoxy) is 2. The highest BCUT2D eigenvalue weighted by Gasteiger charge is 2.40. The first-order valence-electron chi connectivity index (χ1n) is 9.18.